The number of rotatable bonds is 14. The highest BCUT2D eigenvalue weighted by molar-refractivity contribution is 5.95. The van der Waals surface area contributed by atoms with Gasteiger partial charge in [-0.15, -0.1) is 0 Å². The second-order valence-corrected chi connectivity index (χ2v) is 9.48. The molecule has 4 aromatic rings. The number of hydrogen-bond donors (Lipinski definition) is 4. The van der Waals surface area contributed by atoms with Gasteiger partial charge in [0, 0.05) is 36.1 Å². The Morgan fingerprint density at radius 1 is 1.00 bits per heavy atom. The molecule has 1 atom stereocenters. The summed E-state index contributed by atoms with van der Waals surface area (Å²) in [6.07, 6.45) is 2.04. The Morgan fingerprint density at radius 3 is 2.38 bits per heavy atom. The zero-order valence-corrected chi connectivity index (χ0v) is 23.2. The highest BCUT2D eigenvalue weighted by Gasteiger charge is 2.28. The average Bonchev–Trinajstić information content (AvgIpc) is 3.01. The molecule has 0 aliphatic carbocycles. The molecule has 0 aliphatic rings. The lowest BCUT2D eigenvalue weighted by molar-refractivity contribution is -0.144. The molecule has 0 fully saturated rings. The van der Waals surface area contributed by atoms with Crippen molar-refractivity contribution >= 4 is 23.4 Å². The van der Waals surface area contributed by atoms with E-state index in [1.165, 1.54) is 12.0 Å². The number of hydrogen-bond acceptors (Lipinski definition) is 7. The summed E-state index contributed by atoms with van der Waals surface area (Å²) in [5, 5.41) is 20.5. The van der Waals surface area contributed by atoms with Crippen molar-refractivity contribution in [3.05, 3.63) is 120 Å². The van der Waals surface area contributed by atoms with Crippen molar-refractivity contribution in [1.82, 2.24) is 9.88 Å². The third kappa shape index (κ3) is 8.07. The van der Waals surface area contributed by atoms with Gasteiger partial charge in [-0.3, -0.25) is 20.0 Å². The van der Waals surface area contributed by atoms with Crippen LogP contribution in [0.25, 0.3) is 0 Å². The number of aliphatic carboxylic acids is 1. The van der Waals surface area contributed by atoms with Gasteiger partial charge in [0.25, 0.3) is 0 Å². The first kappa shape index (κ1) is 29.6. The maximum absolute atomic E-state index is 14.0. The fraction of sp³-hybridized carbons (Fsp3) is 0.188. The Labute approximate surface area is 244 Å². The van der Waals surface area contributed by atoms with Crippen LogP contribution >= 0.6 is 0 Å². The number of carboxylic acid groups (broad SMARTS) is 1. The lowest BCUT2D eigenvalue weighted by atomic mass is 10.0. The van der Waals surface area contributed by atoms with Crippen molar-refractivity contribution < 1.29 is 24.2 Å². The van der Waals surface area contributed by atoms with Gasteiger partial charge in [-0.05, 0) is 59.7 Å². The first-order chi connectivity index (χ1) is 20.3. The van der Waals surface area contributed by atoms with Gasteiger partial charge < -0.3 is 30.5 Å². The van der Waals surface area contributed by atoms with Crippen molar-refractivity contribution in [2.24, 2.45) is 5.73 Å². The normalized spacial score (nSPS) is 11.3. The number of amidine groups is 1. The number of carboxylic acids is 1. The van der Waals surface area contributed by atoms with Crippen LogP contribution in [0.2, 0.25) is 0 Å². The van der Waals surface area contributed by atoms with E-state index < -0.39 is 24.5 Å². The minimum absolute atomic E-state index is 0.0767. The monoisotopic (exact) mass is 567 g/mol. The summed E-state index contributed by atoms with van der Waals surface area (Å²) < 4.78 is 11.6. The van der Waals surface area contributed by atoms with Gasteiger partial charge in [0.15, 0.2) is 11.5 Å². The van der Waals surface area contributed by atoms with Crippen LogP contribution in [0.4, 0.5) is 5.69 Å². The lowest BCUT2D eigenvalue weighted by Gasteiger charge is -2.28. The van der Waals surface area contributed by atoms with Crippen molar-refractivity contribution in [1.29, 1.82) is 5.41 Å². The molecule has 3 aromatic carbocycles. The fourth-order valence-corrected chi connectivity index (χ4v) is 4.33. The van der Waals surface area contributed by atoms with Crippen LogP contribution in [-0.4, -0.2) is 52.9 Å². The van der Waals surface area contributed by atoms with Crippen LogP contribution < -0.4 is 20.5 Å². The van der Waals surface area contributed by atoms with Crippen LogP contribution in [0.5, 0.6) is 11.5 Å². The highest BCUT2D eigenvalue weighted by atomic mass is 16.5. The molecule has 1 unspecified atom stereocenters. The largest absolute Gasteiger partial charge is 0.493 e. The number of pyridine rings is 1. The minimum atomic E-state index is -1.13. The number of carbonyl (C=O) groups is 2. The number of ether oxygens (including phenoxy) is 2. The van der Waals surface area contributed by atoms with Crippen LogP contribution in [0.3, 0.4) is 0 Å². The van der Waals surface area contributed by atoms with Gasteiger partial charge >= 0.3 is 5.97 Å². The van der Waals surface area contributed by atoms with Crippen LogP contribution in [-0.2, 0) is 22.6 Å². The fourth-order valence-electron chi connectivity index (χ4n) is 4.33. The van der Waals surface area contributed by atoms with E-state index in [0.717, 1.165) is 11.3 Å². The number of benzene rings is 3. The van der Waals surface area contributed by atoms with Gasteiger partial charge in [0.1, 0.15) is 25.0 Å². The van der Waals surface area contributed by atoms with Crippen molar-refractivity contribution in [2.45, 2.75) is 19.1 Å². The molecule has 0 spiro atoms. The standard InChI is InChI=1S/C32H33N5O5/c1-41-28-19-24(12-15-27(28)42-21-22-7-3-2-4-8-22)30(36-26-13-10-23(11-14-26)31(33)34)32(40)37(20-29(38)39)18-16-25-9-5-6-17-35-25/h2-15,17,19,30,36H,16,18,20-21H2,1H3,(H3,33,34)(H,38,39). The van der Waals surface area contributed by atoms with Gasteiger partial charge in [-0.2, -0.15) is 0 Å². The topological polar surface area (TPSA) is 151 Å². The molecule has 10 nitrogen and oxygen atoms in total. The van der Waals surface area contributed by atoms with Gasteiger partial charge in [-0.25, -0.2) is 0 Å². The lowest BCUT2D eigenvalue weighted by Crippen LogP contribution is -2.42. The Kier molecular flexibility index (Phi) is 10.1. The summed E-state index contributed by atoms with van der Waals surface area (Å²) in [4.78, 5) is 31.4. The van der Waals surface area contributed by atoms with Crippen molar-refractivity contribution in [3.8, 4) is 11.5 Å². The van der Waals surface area contributed by atoms with E-state index in [0.29, 0.717) is 41.3 Å². The molecule has 42 heavy (non-hydrogen) atoms. The smallest absolute Gasteiger partial charge is 0.323 e. The summed E-state index contributed by atoms with van der Waals surface area (Å²) in [7, 11) is 1.52. The molecule has 5 N–H and O–H groups in total. The molecule has 0 radical (unpaired) electrons. The number of anilines is 1. The maximum Gasteiger partial charge on any atom is 0.323 e. The van der Waals surface area contributed by atoms with Crippen LogP contribution in [0, 0.1) is 5.41 Å². The number of carbonyl (C=O) groups excluding carboxylic acids is 1. The number of nitrogens with two attached hydrogens (primary N) is 1. The minimum Gasteiger partial charge on any atom is -0.493 e. The highest BCUT2D eigenvalue weighted by Crippen LogP contribution is 2.33. The van der Waals surface area contributed by atoms with E-state index in [4.69, 9.17) is 20.6 Å². The Bertz CT molecular complexity index is 1500. The van der Waals surface area contributed by atoms with E-state index in [9.17, 15) is 14.7 Å². The number of aromatic nitrogens is 1. The molecule has 216 valence electrons. The number of amides is 1. The SMILES string of the molecule is COc1cc(C(Nc2ccc(C(=N)N)cc2)C(=O)N(CCc2ccccn2)CC(=O)O)ccc1OCc1ccccc1. The third-order valence-corrected chi connectivity index (χ3v) is 6.51. The Morgan fingerprint density at radius 2 is 1.74 bits per heavy atom. The second-order valence-electron chi connectivity index (χ2n) is 9.48. The Hall–Kier alpha value is -5.38. The summed E-state index contributed by atoms with van der Waals surface area (Å²) in [6, 6.07) is 26.2. The average molecular weight is 568 g/mol. The maximum atomic E-state index is 14.0. The molecule has 1 amide bonds. The van der Waals surface area contributed by atoms with Gasteiger partial charge in [-0.1, -0.05) is 42.5 Å². The molecule has 0 bridgehead atoms. The molecule has 1 heterocycles. The number of nitrogen functional groups attached to an aromatic ring is 1. The first-order valence-electron chi connectivity index (χ1n) is 13.3. The molecular weight excluding hydrogens is 534 g/mol. The number of methoxy groups -OCH3 is 1. The van der Waals surface area contributed by atoms with Crippen LogP contribution in [0.1, 0.15) is 28.4 Å². The predicted molar refractivity (Wildman–Crippen MR) is 160 cm³/mol. The van der Waals surface area contributed by atoms with E-state index in [1.807, 2.05) is 42.5 Å². The molecule has 0 saturated heterocycles. The van der Waals surface area contributed by atoms with E-state index in [2.05, 4.69) is 10.3 Å². The van der Waals surface area contributed by atoms with Crippen molar-refractivity contribution in [2.75, 3.05) is 25.5 Å². The summed E-state index contributed by atoms with van der Waals surface area (Å²) in [5.41, 5.74) is 9.00. The zero-order valence-electron chi connectivity index (χ0n) is 23.2. The zero-order chi connectivity index (χ0) is 29.9. The quantitative estimate of drug-likeness (QED) is 0.130. The van der Waals surface area contributed by atoms with Crippen molar-refractivity contribution in [3.63, 3.8) is 0 Å². The first-order valence-corrected chi connectivity index (χ1v) is 13.3. The van der Waals surface area contributed by atoms with E-state index >= 15 is 0 Å². The van der Waals surface area contributed by atoms with Gasteiger partial charge in [0.2, 0.25) is 5.91 Å². The van der Waals surface area contributed by atoms with Gasteiger partial charge in [0.05, 0.1) is 7.11 Å². The van der Waals surface area contributed by atoms with E-state index in [-0.39, 0.29) is 12.4 Å². The summed E-state index contributed by atoms with van der Waals surface area (Å²) in [6.45, 7) is 0.00109. The summed E-state index contributed by atoms with van der Waals surface area (Å²) in [5.74, 6) is -0.722. The molecule has 0 saturated carbocycles. The number of nitrogens with zero attached hydrogens (tertiary/aromatic N) is 2. The summed E-state index contributed by atoms with van der Waals surface area (Å²) >= 11 is 0. The molecular formula is C32H33N5O5. The number of nitrogens with one attached hydrogen (secondary N) is 2. The molecule has 0 aliphatic heterocycles. The predicted octanol–water partition coefficient (Wildman–Crippen LogP) is 4.26. The molecule has 1 aromatic heterocycles. The molecule has 10 heteroatoms. The third-order valence-electron chi connectivity index (χ3n) is 6.51. The van der Waals surface area contributed by atoms with E-state index in [1.54, 1.807) is 54.7 Å². The Balaban J connectivity index is 1.64. The second kappa shape index (κ2) is 14.3. The van der Waals surface area contributed by atoms with Crippen LogP contribution in [0.15, 0.2) is 97.2 Å². The molecule has 4 rings (SSSR count).